The quantitative estimate of drug-likeness (QED) is 0.603. The summed E-state index contributed by atoms with van der Waals surface area (Å²) in [5, 5.41) is 0. The minimum absolute atomic E-state index is 1.25. The van der Waals surface area contributed by atoms with E-state index in [0.29, 0.717) is 0 Å². The van der Waals surface area contributed by atoms with Gasteiger partial charge in [-0.15, -0.1) is 0 Å². The molecule has 0 fully saturated rings. The minimum Gasteiger partial charge on any atom is -0.364 e. The second kappa shape index (κ2) is 2.82. The van der Waals surface area contributed by atoms with E-state index in [1.165, 1.54) is 0 Å². The number of hydrogen-bond acceptors (Lipinski definition) is 1. The predicted molar refractivity (Wildman–Crippen MR) is 49.7 cm³/mol. The van der Waals surface area contributed by atoms with Crippen molar-refractivity contribution in [1.82, 2.24) is 0 Å². The van der Waals surface area contributed by atoms with Gasteiger partial charge in [0, 0.05) is 0 Å². The van der Waals surface area contributed by atoms with Crippen molar-refractivity contribution in [3.8, 4) is 0 Å². The van der Waals surface area contributed by atoms with Gasteiger partial charge in [0.1, 0.15) is 0 Å². The van der Waals surface area contributed by atoms with Crippen molar-refractivity contribution in [2.24, 2.45) is 0 Å². The average Bonchev–Trinajstić information content (AvgIpc) is 1.14. The van der Waals surface area contributed by atoms with Crippen molar-refractivity contribution >= 4 is 28.5 Å². The van der Waals surface area contributed by atoms with E-state index < -0.39 is 17.8 Å². The molecule has 4 heteroatoms. The van der Waals surface area contributed by atoms with Crippen LogP contribution >= 0.6 is 20.2 Å². The molecule has 0 aromatic heterocycles. The summed E-state index contributed by atoms with van der Waals surface area (Å²) in [7, 11) is 3.28. The molecule has 0 aliphatic carbocycles. The third kappa shape index (κ3) is 8.82. The zero-order valence-corrected chi connectivity index (χ0v) is 9.27. The molecule has 0 bridgehead atoms. The molecule has 0 rings (SSSR count). The number of rotatable bonds is 2. The Morgan fingerprint density at radius 2 is 1.56 bits per heavy atom. The first kappa shape index (κ1) is 9.82. The molecule has 0 atom stereocenters. The van der Waals surface area contributed by atoms with Gasteiger partial charge in [-0.1, -0.05) is 9.52 Å². The first-order valence-corrected chi connectivity index (χ1v) is 9.45. The van der Waals surface area contributed by atoms with Crippen molar-refractivity contribution in [2.45, 2.75) is 19.6 Å². The van der Waals surface area contributed by atoms with E-state index in [2.05, 4.69) is 19.6 Å². The third-order valence-electron chi connectivity index (χ3n) is 0.448. The molecule has 0 saturated carbocycles. The van der Waals surface area contributed by atoms with Gasteiger partial charge < -0.3 is 3.87 Å². The van der Waals surface area contributed by atoms with Gasteiger partial charge in [-0.2, -0.15) is 0 Å². The van der Waals surface area contributed by atoms with E-state index in [9.17, 15) is 0 Å². The molecule has 9 heavy (non-hydrogen) atoms. The Morgan fingerprint density at radius 3 is 1.56 bits per heavy atom. The van der Waals surface area contributed by atoms with Gasteiger partial charge in [0.2, 0.25) is 8.32 Å². The maximum absolute atomic E-state index is 5.91. The van der Waals surface area contributed by atoms with Gasteiger partial charge in [-0.25, -0.2) is 0 Å². The summed E-state index contributed by atoms with van der Waals surface area (Å²) in [6.45, 7) is 6.43. The molecule has 0 radical (unpaired) electrons. The fraction of sp³-hybridized carbons (Fsp3) is 1.00. The molecule has 0 spiro atoms. The maximum atomic E-state index is 5.91. The molecule has 0 unspecified atom stereocenters. The van der Waals surface area contributed by atoms with E-state index in [-0.39, 0.29) is 0 Å². The van der Waals surface area contributed by atoms with E-state index >= 15 is 0 Å². The molecular weight excluding hydrogens is 172 g/mol. The molecule has 0 aromatic carbocycles. The normalized spacial score (nSPS) is 15.8. The van der Waals surface area contributed by atoms with Crippen molar-refractivity contribution in [2.75, 3.05) is 12.5 Å². The Labute approximate surface area is 64.9 Å². The third-order valence-corrected chi connectivity index (χ3v) is 4.60. The maximum Gasteiger partial charge on any atom is 0.201 e. The first-order valence-electron chi connectivity index (χ1n) is 2.84. The fourth-order valence-electron chi connectivity index (χ4n) is 0.594. The van der Waals surface area contributed by atoms with Crippen molar-refractivity contribution in [1.29, 1.82) is 0 Å². The van der Waals surface area contributed by atoms with Gasteiger partial charge in [-0.05, 0) is 42.8 Å². The summed E-state index contributed by atoms with van der Waals surface area (Å²) in [6, 6.07) is 0. The van der Waals surface area contributed by atoms with Crippen LogP contribution in [0.3, 0.4) is 0 Å². The molecule has 0 aliphatic heterocycles. The Bertz CT molecular complexity index is 82.1. The van der Waals surface area contributed by atoms with Crippen LogP contribution in [0.4, 0.5) is 0 Å². The van der Waals surface area contributed by atoms with Crippen LogP contribution in [0.25, 0.3) is 0 Å². The number of halogens is 1. The molecule has 0 saturated heterocycles. The van der Waals surface area contributed by atoms with Crippen molar-refractivity contribution in [3.05, 3.63) is 0 Å². The summed E-state index contributed by atoms with van der Waals surface area (Å²) >= 11 is 0. The topological polar surface area (TPSA) is 9.23 Å². The zero-order chi connectivity index (χ0) is 7.71. The lowest BCUT2D eigenvalue weighted by Gasteiger charge is -2.30. The smallest absolute Gasteiger partial charge is 0.201 e. The van der Waals surface area contributed by atoms with Gasteiger partial charge in [0.05, 0.1) is 0 Å². The van der Waals surface area contributed by atoms with E-state index in [1.807, 2.05) is 12.5 Å². The minimum atomic E-state index is -1.39. The zero-order valence-electron chi connectivity index (χ0n) is 6.69. The molecule has 0 aliphatic rings. The summed E-state index contributed by atoms with van der Waals surface area (Å²) in [6.07, 6.45) is 3.90. The molecule has 1 nitrogen and oxygen atoms in total. The number of hydrogen-bond donors (Lipinski definition) is 0. The van der Waals surface area contributed by atoms with Crippen LogP contribution in [-0.4, -0.2) is 20.8 Å². The highest BCUT2D eigenvalue weighted by atomic mass is 35.7. The lowest BCUT2D eigenvalue weighted by atomic mass is 11.8. The van der Waals surface area contributed by atoms with Crippen LogP contribution in [0, 0.1) is 0 Å². The molecule has 0 aromatic rings. The molecule has 58 valence electrons. The molecule has 0 amide bonds. The van der Waals surface area contributed by atoms with E-state index in [1.54, 1.807) is 0 Å². The molecule has 0 heterocycles. The van der Waals surface area contributed by atoms with E-state index in [0.717, 1.165) is 0 Å². The van der Waals surface area contributed by atoms with Crippen LogP contribution < -0.4 is 0 Å². The Hall–Kier alpha value is 0.817. The van der Waals surface area contributed by atoms with Crippen molar-refractivity contribution in [3.63, 3.8) is 0 Å². The fourth-order valence-corrected chi connectivity index (χ4v) is 7.05. The van der Waals surface area contributed by atoms with Gasteiger partial charge in [0.15, 0.2) is 0 Å². The van der Waals surface area contributed by atoms with Crippen LogP contribution in [0.1, 0.15) is 0 Å². The predicted octanol–water partition coefficient (Wildman–Crippen LogP) is 2.97. The van der Waals surface area contributed by atoms with Crippen LogP contribution in [0.5, 0.6) is 0 Å². The summed E-state index contributed by atoms with van der Waals surface area (Å²) in [5.41, 5.74) is 0. The Morgan fingerprint density at radius 1 is 1.22 bits per heavy atom. The second-order valence-electron chi connectivity index (χ2n) is 3.31. The molecule has 0 N–H and O–H groups in total. The SMILES string of the molecule is C[Si](C)(C)OS(C)(C)Cl. The molecular formula is C5H15ClOSSi. The van der Waals surface area contributed by atoms with Crippen molar-refractivity contribution < 1.29 is 3.87 Å². The van der Waals surface area contributed by atoms with Crippen LogP contribution in [0.15, 0.2) is 0 Å². The Balaban J connectivity index is 3.75. The highest BCUT2D eigenvalue weighted by Gasteiger charge is 2.21. The Kier molecular flexibility index (Phi) is 3.08. The highest BCUT2D eigenvalue weighted by molar-refractivity contribution is 8.47. The second-order valence-corrected chi connectivity index (χ2v) is 12.7. The largest absolute Gasteiger partial charge is 0.364 e. The summed E-state index contributed by atoms with van der Waals surface area (Å²) in [4.78, 5) is 0. The lowest BCUT2D eigenvalue weighted by molar-refractivity contribution is 0.640. The average molecular weight is 187 g/mol. The highest BCUT2D eigenvalue weighted by Crippen LogP contribution is 2.48. The van der Waals surface area contributed by atoms with Gasteiger partial charge in [-0.3, -0.25) is 0 Å². The summed E-state index contributed by atoms with van der Waals surface area (Å²) in [5.74, 6) is 0. The lowest BCUT2D eigenvalue weighted by Crippen LogP contribution is -2.25. The van der Waals surface area contributed by atoms with E-state index in [4.69, 9.17) is 14.6 Å². The van der Waals surface area contributed by atoms with Crippen LogP contribution in [-0.2, 0) is 3.87 Å². The van der Waals surface area contributed by atoms with Gasteiger partial charge in [0.25, 0.3) is 0 Å². The summed E-state index contributed by atoms with van der Waals surface area (Å²) < 4.78 is 5.61. The first-order chi connectivity index (χ1) is 3.71. The van der Waals surface area contributed by atoms with Crippen LogP contribution in [0.2, 0.25) is 19.6 Å². The standard InChI is InChI=1S/C5H15ClOSSi/c1-8(2,6)7-9(3,4)5/h1-5H3. The monoisotopic (exact) mass is 186 g/mol. The van der Waals surface area contributed by atoms with Gasteiger partial charge >= 0.3 is 0 Å².